The van der Waals surface area contributed by atoms with Gasteiger partial charge in [-0.25, -0.2) is 9.59 Å². The number of nitrogens with one attached hydrogen (secondary N) is 1. The lowest BCUT2D eigenvalue weighted by molar-refractivity contribution is -0.384. The van der Waals surface area contributed by atoms with Crippen molar-refractivity contribution in [3.05, 3.63) is 34.4 Å². The van der Waals surface area contributed by atoms with Crippen molar-refractivity contribution in [3.63, 3.8) is 0 Å². The SMILES string of the molecule is CC(C)(C)OC(=O)NC12CC3CC(C1)CC(OC(=O)Oc1ccc([N+](=O)[O-])cc1)(C3)C2. The lowest BCUT2D eigenvalue weighted by Crippen LogP contribution is -2.66. The molecular weight excluding hydrogens is 404 g/mol. The predicted octanol–water partition coefficient (Wildman–Crippen LogP) is 4.73. The van der Waals surface area contributed by atoms with Crippen molar-refractivity contribution in [1.29, 1.82) is 0 Å². The van der Waals surface area contributed by atoms with Crippen LogP contribution in [0.3, 0.4) is 0 Å². The third-order valence-corrected chi connectivity index (χ3v) is 6.32. The minimum absolute atomic E-state index is 0.0861. The van der Waals surface area contributed by atoms with E-state index in [1.165, 1.54) is 24.3 Å². The van der Waals surface area contributed by atoms with E-state index in [1.54, 1.807) is 0 Å². The summed E-state index contributed by atoms with van der Waals surface area (Å²) in [5, 5.41) is 13.9. The number of amides is 1. The summed E-state index contributed by atoms with van der Waals surface area (Å²) < 4.78 is 16.6. The Bertz CT molecular complexity index is 876. The van der Waals surface area contributed by atoms with E-state index in [0.29, 0.717) is 18.3 Å². The average Bonchev–Trinajstić information content (AvgIpc) is 2.57. The molecule has 0 aromatic heterocycles. The molecule has 0 radical (unpaired) electrons. The Hall–Kier alpha value is -2.84. The van der Waals surface area contributed by atoms with E-state index in [0.717, 1.165) is 32.1 Å². The number of nitro benzene ring substituents is 1. The van der Waals surface area contributed by atoms with Crippen LogP contribution in [0.2, 0.25) is 0 Å². The van der Waals surface area contributed by atoms with Crippen molar-refractivity contribution in [1.82, 2.24) is 5.32 Å². The van der Waals surface area contributed by atoms with Gasteiger partial charge >= 0.3 is 12.2 Å². The predicted molar refractivity (Wildman–Crippen MR) is 110 cm³/mol. The van der Waals surface area contributed by atoms with Crippen LogP contribution in [-0.2, 0) is 9.47 Å². The molecule has 1 aromatic carbocycles. The maximum Gasteiger partial charge on any atom is 0.514 e. The van der Waals surface area contributed by atoms with Crippen LogP contribution in [-0.4, -0.2) is 33.9 Å². The molecule has 2 unspecified atom stereocenters. The number of hydrogen-bond donors (Lipinski definition) is 1. The first-order valence-corrected chi connectivity index (χ1v) is 10.6. The van der Waals surface area contributed by atoms with Gasteiger partial charge in [-0.3, -0.25) is 10.1 Å². The molecule has 1 N–H and O–H groups in total. The van der Waals surface area contributed by atoms with E-state index in [4.69, 9.17) is 14.2 Å². The number of carbonyl (C=O) groups is 2. The summed E-state index contributed by atoms with van der Waals surface area (Å²) in [5.41, 5.74) is -1.80. The Morgan fingerprint density at radius 2 is 1.71 bits per heavy atom. The molecule has 0 spiro atoms. The molecule has 4 saturated carbocycles. The molecule has 4 bridgehead atoms. The summed E-state index contributed by atoms with van der Waals surface area (Å²) in [6, 6.07) is 5.27. The number of carbonyl (C=O) groups excluding carboxylic acids is 2. The van der Waals surface area contributed by atoms with Gasteiger partial charge in [0.1, 0.15) is 17.0 Å². The zero-order valence-corrected chi connectivity index (χ0v) is 18.0. The highest BCUT2D eigenvalue weighted by molar-refractivity contribution is 5.69. The van der Waals surface area contributed by atoms with Crippen molar-refractivity contribution in [2.75, 3.05) is 0 Å². The van der Waals surface area contributed by atoms with Gasteiger partial charge < -0.3 is 19.5 Å². The summed E-state index contributed by atoms with van der Waals surface area (Å²) in [5.74, 6) is 0.911. The van der Waals surface area contributed by atoms with E-state index >= 15 is 0 Å². The molecule has 2 atom stereocenters. The van der Waals surface area contributed by atoms with Gasteiger partial charge in [0.05, 0.1) is 4.92 Å². The minimum Gasteiger partial charge on any atom is -0.444 e. The second kappa shape index (κ2) is 7.39. The molecule has 0 saturated heterocycles. The van der Waals surface area contributed by atoms with E-state index in [2.05, 4.69) is 5.32 Å². The molecule has 4 aliphatic carbocycles. The van der Waals surface area contributed by atoms with E-state index < -0.39 is 33.9 Å². The van der Waals surface area contributed by atoms with Gasteiger partial charge in [0, 0.05) is 24.1 Å². The van der Waals surface area contributed by atoms with E-state index in [-0.39, 0.29) is 11.4 Å². The smallest absolute Gasteiger partial charge is 0.444 e. The van der Waals surface area contributed by atoms with Gasteiger partial charge in [-0.05, 0) is 76.8 Å². The van der Waals surface area contributed by atoms with Crippen molar-refractivity contribution in [3.8, 4) is 5.75 Å². The minimum atomic E-state index is -0.830. The first-order chi connectivity index (χ1) is 14.4. The normalized spacial score (nSPS) is 31.1. The summed E-state index contributed by atoms with van der Waals surface area (Å²) in [4.78, 5) is 35.3. The molecule has 31 heavy (non-hydrogen) atoms. The summed E-state index contributed by atoms with van der Waals surface area (Å²) in [6.45, 7) is 5.47. The number of nitrogens with zero attached hydrogens (tertiary/aromatic N) is 1. The first kappa shape index (κ1) is 21.4. The number of alkyl carbamates (subject to hydrolysis) is 1. The van der Waals surface area contributed by atoms with Crippen LogP contribution < -0.4 is 10.1 Å². The fourth-order valence-electron chi connectivity index (χ4n) is 5.89. The van der Waals surface area contributed by atoms with Gasteiger partial charge in [-0.1, -0.05) is 0 Å². The van der Waals surface area contributed by atoms with Crippen LogP contribution in [0.4, 0.5) is 15.3 Å². The quantitative estimate of drug-likeness (QED) is 0.316. The molecule has 5 rings (SSSR count). The number of rotatable bonds is 4. The van der Waals surface area contributed by atoms with Crippen LogP contribution >= 0.6 is 0 Å². The molecule has 1 amide bonds. The van der Waals surface area contributed by atoms with E-state index in [1.807, 2.05) is 20.8 Å². The van der Waals surface area contributed by atoms with Gasteiger partial charge in [-0.2, -0.15) is 0 Å². The number of ether oxygens (including phenoxy) is 3. The number of hydrogen-bond acceptors (Lipinski definition) is 7. The first-order valence-electron chi connectivity index (χ1n) is 10.6. The largest absolute Gasteiger partial charge is 0.514 e. The summed E-state index contributed by atoms with van der Waals surface area (Å²) in [7, 11) is 0. The summed E-state index contributed by atoms with van der Waals surface area (Å²) >= 11 is 0. The average molecular weight is 432 g/mol. The Balaban J connectivity index is 1.44. The Kier molecular flexibility index (Phi) is 5.10. The Morgan fingerprint density at radius 1 is 1.10 bits per heavy atom. The molecule has 4 fully saturated rings. The maximum absolute atomic E-state index is 12.5. The van der Waals surface area contributed by atoms with Gasteiger partial charge in [-0.15, -0.1) is 0 Å². The van der Waals surface area contributed by atoms with Crippen molar-refractivity contribution in [2.24, 2.45) is 11.8 Å². The monoisotopic (exact) mass is 432 g/mol. The second-order valence-corrected chi connectivity index (χ2v) is 10.3. The molecular formula is C22H28N2O7. The molecule has 1 aromatic rings. The van der Waals surface area contributed by atoms with Gasteiger partial charge in [0.15, 0.2) is 0 Å². The fraction of sp³-hybridized carbons (Fsp3) is 0.636. The molecule has 9 nitrogen and oxygen atoms in total. The van der Waals surface area contributed by atoms with Crippen LogP contribution in [0.15, 0.2) is 24.3 Å². The number of non-ortho nitro benzene ring substituents is 1. The summed E-state index contributed by atoms with van der Waals surface area (Å²) in [6.07, 6.45) is 3.52. The number of nitro groups is 1. The standard InChI is InChI=1S/C22H28N2O7/c1-20(2,3)30-18(25)23-21-9-14-8-15(10-21)12-22(11-14,13-21)31-19(26)29-17-6-4-16(5-7-17)24(27)28/h4-7,14-15H,8-13H2,1-3H3,(H,23,25). The highest BCUT2D eigenvalue weighted by atomic mass is 16.7. The highest BCUT2D eigenvalue weighted by Gasteiger charge is 2.60. The second-order valence-electron chi connectivity index (χ2n) is 10.3. The van der Waals surface area contributed by atoms with Crippen molar-refractivity contribution in [2.45, 2.75) is 76.0 Å². The Labute approximate surface area is 180 Å². The van der Waals surface area contributed by atoms with Crippen molar-refractivity contribution < 1.29 is 28.7 Å². The van der Waals surface area contributed by atoms with Crippen LogP contribution in [0.1, 0.15) is 59.3 Å². The van der Waals surface area contributed by atoms with Crippen molar-refractivity contribution >= 4 is 17.9 Å². The lowest BCUT2D eigenvalue weighted by atomic mass is 9.51. The van der Waals surface area contributed by atoms with Crippen LogP contribution in [0.25, 0.3) is 0 Å². The third-order valence-electron chi connectivity index (χ3n) is 6.32. The van der Waals surface area contributed by atoms with E-state index in [9.17, 15) is 19.7 Å². The molecule has 168 valence electrons. The molecule has 0 aliphatic heterocycles. The zero-order valence-electron chi connectivity index (χ0n) is 18.0. The van der Waals surface area contributed by atoms with Crippen LogP contribution in [0, 0.1) is 22.0 Å². The zero-order chi connectivity index (χ0) is 22.4. The topological polar surface area (TPSA) is 117 Å². The van der Waals surface area contributed by atoms with Crippen LogP contribution in [0.5, 0.6) is 5.75 Å². The molecule has 9 heteroatoms. The van der Waals surface area contributed by atoms with Gasteiger partial charge in [0.2, 0.25) is 0 Å². The number of benzene rings is 1. The lowest BCUT2D eigenvalue weighted by Gasteiger charge is -2.60. The Morgan fingerprint density at radius 3 is 2.26 bits per heavy atom. The molecule has 0 heterocycles. The molecule has 4 aliphatic rings. The fourth-order valence-corrected chi connectivity index (χ4v) is 5.89. The third kappa shape index (κ3) is 4.75. The maximum atomic E-state index is 12.5. The highest BCUT2D eigenvalue weighted by Crippen LogP contribution is 2.59. The van der Waals surface area contributed by atoms with Gasteiger partial charge in [0.25, 0.3) is 5.69 Å².